The van der Waals surface area contributed by atoms with Crippen LogP contribution < -0.4 is 11.1 Å². The second-order valence-electron chi connectivity index (χ2n) is 7.56. The number of rotatable bonds is 5. The molecule has 6 nitrogen and oxygen atoms in total. The van der Waals surface area contributed by atoms with Gasteiger partial charge in [-0.05, 0) is 44.7 Å². The second-order valence-corrected chi connectivity index (χ2v) is 7.91. The van der Waals surface area contributed by atoms with E-state index in [1.165, 1.54) is 0 Å². The van der Waals surface area contributed by atoms with Crippen LogP contribution in [0.25, 0.3) is 11.5 Å². The summed E-state index contributed by atoms with van der Waals surface area (Å²) in [5.74, 6) is 1.27. The zero-order valence-corrected chi connectivity index (χ0v) is 15.7. The topological polar surface area (TPSA) is 86.0 Å². The normalized spacial score (nSPS) is 27.5. The van der Waals surface area contributed by atoms with E-state index < -0.39 is 0 Å². The van der Waals surface area contributed by atoms with E-state index in [-0.39, 0.29) is 11.0 Å². The van der Waals surface area contributed by atoms with Gasteiger partial charge >= 0.3 is 0 Å². The molecule has 3 N–H and O–H groups in total. The van der Waals surface area contributed by atoms with Crippen LogP contribution >= 0.6 is 11.6 Å². The number of halogens is 1. The molecule has 4 heterocycles. The van der Waals surface area contributed by atoms with Crippen molar-refractivity contribution >= 4 is 17.4 Å². The fraction of sp³-hybridized carbons (Fsp3) is 0.526. The molecule has 2 aliphatic heterocycles. The van der Waals surface area contributed by atoms with E-state index in [1.807, 2.05) is 25.1 Å². The van der Waals surface area contributed by atoms with Gasteiger partial charge in [-0.3, -0.25) is 4.98 Å². The number of nitrogens with one attached hydrogen (secondary N) is 1. The number of hydrogen-bond acceptors (Lipinski definition) is 6. The fourth-order valence-corrected chi connectivity index (χ4v) is 4.01. The first kappa shape index (κ1) is 17.6. The van der Waals surface area contributed by atoms with Gasteiger partial charge in [-0.2, -0.15) is 0 Å². The van der Waals surface area contributed by atoms with Gasteiger partial charge in [0.15, 0.2) is 5.82 Å². The van der Waals surface area contributed by atoms with Gasteiger partial charge in [0.25, 0.3) is 0 Å². The third-order valence-electron chi connectivity index (χ3n) is 5.90. The first-order valence-corrected chi connectivity index (χ1v) is 9.46. The molecule has 5 rings (SSSR count). The summed E-state index contributed by atoms with van der Waals surface area (Å²) in [5, 5.41) is 3.90. The number of nitrogens with two attached hydrogens (primary N) is 1. The van der Waals surface area contributed by atoms with Crippen LogP contribution in [-0.4, -0.2) is 40.2 Å². The average molecular weight is 374 g/mol. The minimum Gasteiger partial charge on any atom is -0.373 e. The Kier molecular flexibility index (Phi) is 4.59. The predicted molar refractivity (Wildman–Crippen MR) is 102 cm³/mol. The molecule has 0 aromatic carbocycles. The zero-order valence-electron chi connectivity index (χ0n) is 15.0. The maximum Gasteiger partial charge on any atom is 0.181 e. The first-order valence-electron chi connectivity index (χ1n) is 9.08. The summed E-state index contributed by atoms with van der Waals surface area (Å²) in [6.45, 7) is 4.11. The molecule has 0 spiro atoms. The Labute approximate surface area is 158 Å². The number of pyridine rings is 1. The average Bonchev–Trinajstić information content (AvgIpc) is 2.71. The van der Waals surface area contributed by atoms with Crippen LogP contribution in [0.4, 0.5) is 5.82 Å². The molecule has 0 unspecified atom stereocenters. The van der Waals surface area contributed by atoms with Crippen LogP contribution in [0.5, 0.6) is 0 Å². The van der Waals surface area contributed by atoms with E-state index >= 15 is 0 Å². The highest BCUT2D eigenvalue weighted by atomic mass is 35.5. The van der Waals surface area contributed by atoms with Crippen LogP contribution in [0, 0.1) is 12.3 Å². The number of fused-ring (bicyclic) bond motifs is 3. The van der Waals surface area contributed by atoms with E-state index in [2.05, 4.69) is 20.3 Å². The minimum atomic E-state index is -0.133. The van der Waals surface area contributed by atoms with Gasteiger partial charge in [-0.1, -0.05) is 17.7 Å². The molecule has 2 saturated heterocycles. The lowest BCUT2D eigenvalue weighted by atomic mass is 9.66. The van der Waals surface area contributed by atoms with Crippen LogP contribution in [0.15, 0.2) is 24.4 Å². The quantitative estimate of drug-likeness (QED) is 0.783. The molecule has 2 aromatic heterocycles. The van der Waals surface area contributed by atoms with Gasteiger partial charge < -0.3 is 15.8 Å². The Bertz CT molecular complexity index is 773. The fourth-order valence-electron chi connectivity index (χ4n) is 3.84. The molecule has 7 heteroatoms. The Morgan fingerprint density at radius 2 is 2.04 bits per heavy atom. The minimum absolute atomic E-state index is 0.133. The summed E-state index contributed by atoms with van der Waals surface area (Å²) < 4.78 is 6.23. The van der Waals surface area contributed by atoms with Gasteiger partial charge in [-0.15, -0.1) is 0 Å². The molecule has 138 valence electrons. The highest BCUT2D eigenvalue weighted by Gasteiger charge is 2.49. The molecule has 26 heavy (non-hydrogen) atoms. The lowest BCUT2D eigenvalue weighted by Crippen LogP contribution is -2.56. The van der Waals surface area contributed by atoms with Gasteiger partial charge in [0, 0.05) is 30.3 Å². The van der Waals surface area contributed by atoms with Crippen molar-refractivity contribution in [2.45, 2.75) is 38.2 Å². The van der Waals surface area contributed by atoms with Gasteiger partial charge in [0.2, 0.25) is 0 Å². The van der Waals surface area contributed by atoms with Crippen molar-refractivity contribution in [3.8, 4) is 11.5 Å². The summed E-state index contributed by atoms with van der Waals surface area (Å²) in [5.41, 5.74) is 7.56. The third-order valence-corrected chi connectivity index (χ3v) is 6.27. The third kappa shape index (κ3) is 3.17. The predicted octanol–water partition coefficient (Wildman–Crippen LogP) is 3.20. The van der Waals surface area contributed by atoms with E-state index in [0.29, 0.717) is 29.8 Å². The van der Waals surface area contributed by atoms with Crippen molar-refractivity contribution < 1.29 is 4.74 Å². The molecule has 2 aromatic rings. The van der Waals surface area contributed by atoms with Crippen molar-refractivity contribution in [3.63, 3.8) is 0 Å². The maximum absolute atomic E-state index is 6.34. The van der Waals surface area contributed by atoms with Crippen molar-refractivity contribution in [1.29, 1.82) is 0 Å². The molecule has 1 aliphatic carbocycles. The number of ether oxygens (including phenoxy) is 1. The summed E-state index contributed by atoms with van der Waals surface area (Å²) in [6, 6.07) is 5.65. The molecule has 3 aliphatic rings. The lowest BCUT2D eigenvalue weighted by molar-refractivity contribution is -0.172. The Balaban J connectivity index is 1.53. The van der Waals surface area contributed by atoms with Crippen molar-refractivity contribution in [2.24, 2.45) is 11.1 Å². The SMILES string of the molecule is Cc1c(Cl)nc(-c2ccccn2)nc1NCC12CCC(CN)(CC1)CO2. The van der Waals surface area contributed by atoms with E-state index in [4.69, 9.17) is 22.1 Å². The van der Waals surface area contributed by atoms with Crippen LogP contribution in [-0.2, 0) is 4.74 Å². The highest BCUT2D eigenvalue weighted by Crippen LogP contribution is 2.48. The standard InChI is InChI=1S/C19H24ClN5O/c1-13-15(20)24-17(14-4-2-3-9-22-14)25-16(13)23-11-19-7-5-18(10-21,6-8-19)12-26-19/h2-4,9H,5-8,10-12,21H2,1H3,(H,23,24,25). The van der Waals surface area contributed by atoms with Gasteiger partial charge in [-0.25, -0.2) is 9.97 Å². The molecule has 0 atom stereocenters. The highest BCUT2D eigenvalue weighted by molar-refractivity contribution is 6.30. The summed E-state index contributed by atoms with van der Waals surface area (Å²) in [7, 11) is 0. The smallest absolute Gasteiger partial charge is 0.181 e. The first-order chi connectivity index (χ1) is 12.5. The molecule has 0 amide bonds. The summed E-state index contributed by atoms with van der Waals surface area (Å²) >= 11 is 6.34. The maximum atomic E-state index is 6.34. The molecule has 0 radical (unpaired) electrons. The molecular formula is C19H24ClN5O. The van der Waals surface area contributed by atoms with E-state index in [9.17, 15) is 0 Å². The number of anilines is 1. The van der Waals surface area contributed by atoms with Crippen LogP contribution in [0.1, 0.15) is 31.2 Å². The number of hydrogen-bond donors (Lipinski definition) is 2. The van der Waals surface area contributed by atoms with Crippen LogP contribution in [0.2, 0.25) is 5.15 Å². The Morgan fingerprint density at radius 3 is 2.65 bits per heavy atom. The van der Waals surface area contributed by atoms with Crippen molar-refractivity contribution in [3.05, 3.63) is 35.1 Å². The van der Waals surface area contributed by atoms with Crippen molar-refractivity contribution in [1.82, 2.24) is 15.0 Å². The number of nitrogens with zero attached hydrogens (tertiary/aromatic N) is 3. The second kappa shape index (κ2) is 6.76. The van der Waals surface area contributed by atoms with Crippen molar-refractivity contribution in [2.75, 3.05) is 25.0 Å². The molecule has 2 bridgehead atoms. The van der Waals surface area contributed by atoms with Gasteiger partial charge in [0.05, 0.1) is 12.2 Å². The zero-order chi connectivity index (χ0) is 18.2. The van der Waals surface area contributed by atoms with Crippen LogP contribution in [0.3, 0.4) is 0 Å². The summed E-state index contributed by atoms with van der Waals surface area (Å²) in [6.07, 6.45) is 6.05. The molecule has 3 fully saturated rings. The Hall–Kier alpha value is -1.76. The van der Waals surface area contributed by atoms with Gasteiger partial charge in [0.1, 0.15) is 16.7 Å². The van der Waals surface area contributed by atoms with E-state index in [1.54, 1.807) is 6.20 Å². The Morgan fingerprint density at radius 1 is 1.23 bits per heavy atom. The number of aromatic nitrogens is 3. The monoisotopic (exact) mass is 373 g/mol. The lowest BCUT2D eigenvalue weighted by Gasteiger charge is -2.53. The molecular weight excluding hydrogens is 350 g/mol. The molecule has 1 saturated carbocycles. The summed E-state index contributed by atoms with van der Waals surface area (Å²) in [4.78, 5) is 13.3. The van der Waals surface area contributed by atoms with E-state index in [0.717, 1.165) is 43.7 Å². The largest absolute Gasteiger partial charge is 0.373 e.